The first-order chi connectivity index (χ1) is 11.2. The van der Waals surface area contributed by atoms with Crippen molar-refractivity contribution in [1.29, 1.82) is 0 Å². The monoisotopic (exact) mass is 309 g/mol. The lowest BCUT2D eigenvalue weighted by molar-refractivity contribution is 0.121. The Balaban J connectivity index is 1.61. The highest BCUT2D eigenvalue weighted by molar-refractivity contribution is 5.70. The lowest BCUT2D eigenvalue weighted by Crippen LogP contribution is -2.40. The molecule has 2 nitrogen and oxygen atoms in total. The van der Waals surface area contributed by atoms with E-state index in [1.54, 1.807) is 0 Å². The van der Waals surface area contributed by atoms with Gasteiger partial charge in [-0.1, -0.05) is 62.4 Å². The molecule has 122 valence electrons. The van der Waals surface area contributed by atoms with E-state index in [0.717, 1.165) is 30.7 Å². The van der Waals surface area contributed by atoms with Gasteiger partial charge in [-0.2, -0.15) is 0 Å². The molecule has 0 saturated carbocycles. The highest BCUT2D eigenvalue weighted by Crippen LogP contribution is 2.29. The number of likely N-dealkylation sites (tertiary alicyclic amines) is 1. The minimum Gasteiger partial charge on any atom is -0.492 e. The van der Waals surface area contributed by atoms with Crippen LogP contribution in [0.15, 0.2) is 54.6 Å². The molecule has 2 aromatic carbocycles. The summed E-state index contributed by atoms with van der Waals surface area (Å²) in [6.07, 6.45) is 1.36. The van der Waals surface area contributed by atoms with Crippen molar-refractivity contribution in [3.8, 4) is 16.9 Å². The average Bonchev–Trinajstić information content (AvgIpc) is 2.55. The van der Waals surface area contributed by atoms with E-state index in [2.05, 4.69) is 61.2 Å². The van der Waals surface area contributed by atoms with E-state index < -0.39 is 0 Å². The summed E-state index contributed by atoms with van der Waals surface area (Å²) < 4.78 is 6.12. The fraction of sp³-hybridized carbons (Fsp3) is 0.429. The van der Waals surface area contributed by atoms with Gasteiger partial charge < -0.3 is 4.74 Å². The number of hydrogen-bond acceptors (Lipinski definition) is 2. The minimum absolute atomic E-state index is 0.753. The third-order valence-corrected chi connectivity index (χ3v) is 4.58. The second kappa shape index (κ2) is 7.65. The van der Waals surface area contributed by atoms with Gasteiger partial charge in [0, 0.05) is 25.2 Å². The molecule has 0 bridgehead atoms. The summed E-state index contributed by atoms with van der Waals surface area (Å²) in [6, 6.07) is 18.8. The van der Waals surface area contributed by atoms with Crippen molar-refractivity contribution in [2.75, 3.05) is 26.2 Å². The molecule has 1 aliphatic heterocycles. The third kappa shape index (κ3) is 4.35. The molecular formula is C21H27NO. The van der Waals surface area contributed by atoms with E-state index in [4.69, 9.17) is 4.74 Å². The molecule has 0 amide bonds. The molecule has 0 spiro atoms. The molecule has 1 aliphatic rings. The van der Waals surface area contributed by atoms with Crippen molar-refractivity contribution in [1.82, 2.24) is 4.90 Å². The molecule has 2 atom stereocenters. The average molecular weight is 309 g/mol. The van der Waals surface area contributed by atoms with E-state index in [9.17, 15) is 0 Å². The van der Waals surface area contributed by atoms with E-state index in [1.807, 2.05) is 12.1 Å². The number of hydrogen-bond donors (Lipinski definition) is 0. The maximum atomic E-state index is 6.12. The van der Waals surface area contributed by atoms with Crippen LogP contribution < -0.4 is 4.74 Å². The van der Waals surface area contributed by atoms with Crippen molar-refractivity contribution in [2.45, 2.75) is 20.3 Å². The molecule has 0 aromatic heterocycles. The van der Waals surface area contributed by atoms with E-state index >= 15 is 0 Å². The summed E-state index contributed by atoms with van der Waals surface area (Å²) in [7, 11) is 0. The number of piperidine rings is 1. The van der Waals surface area contributed by atoms with Crippen molar-refractivity contribution >= 4 is 0 Å². The predicted octanol–water partition coefficient (Wildman–Crippen LogP) is 4.71. The van der Waals surface area contributed by atoms with Gasteiger partial charge in [-0.05, 0) is 29.9 Å². The fourth-order valence-corrected chi connectivity index (χ4v) is 3.71. The first kappa shape index (κ1) is 16.1. The van der Waals surface area contributed by atoms with Crippen LogP contribution in [0.1, 0.15) is 20.3 Å². The van der Waals surface area contributed by atoms with Gasteiger partial charge in [0.05, 0.1) is 0 Å². The van der Waals surface area contributed by atoms with Crippen LogP contribution in [0.3, 0.4) is 0 Å². The van der Waals surface area contributed by atoms with E-state index in [1.165, 1.54) is 30.6 Å². The summed E-state index contributed by atoms with van der Waals surface area (Å²) in [6.45, 7) is 8.88. The molecule has 0 N–H and O–H groups in total. The SMILES string of the molecule is C[C@@H]1C[C@H](C)CN(CCOc2ccccc2-c2ccccc2)C1. The zero-order chi connectivity index (χ0) is 16.1. The molecule has 2 heteroatoms. The van der Waals surface area contributed by atoms with Gasteiger partial charge in [-0.3, -0.25) is 4.90 Å². The predicted molar refractivity (Wildman–Crippen MR) is 96.8 cm³/mol. The maximum absolute atomic E-state index is 6.12. The molecule has 3 rings (SSSR count). The van der Waals surface area contributed by atoms with E-state index in [-0.39, 0.29) is 0 Å². The van der Waals surface area contributed by atoms with Crippen LogP contribution in [0.5, 0.6) is 5.75 Å². The van der Waals surface area contributed by atoms with Crippen LogP contribution in [-0.2, 0) is 0 Å². The molecule has 23 heavy (non-hydrogen) atoms. The molecule has 0 aliphatic carbocycles. The first-order valence-corrected chi connectivity index (χ1v) is 8.72. The number of ether oxygens (including phenoxy) is 1. The maximum Gasteiger partial charge on any atom is 0.127 e. The van der Waals surface area contributed by atoms with Gasteiger partial charge in [0.1, 0.15) is 12.4 Å². The normalized spacial score (nSPS) is 22.0. The van der Waals surface area contributed by atoms with Crippen molar-refractivity contribution in [3.63, 3.8) is 0 Å². The second-order valence-corrected chi connectivity index (χ2v) is 6.92. The number of nitrogens with zero attached hydrogens (tertiary/aromatic N) is 1. The Morgan fingerprint density at radius 1 is 0.913 bits per heavy atom. The molecule has 1 heterocycles. The van der Waals surface area contributed by atoms with Crippen LogP contribution in [0.4, 0.5) is 0 Å². The van der Waals surface area contributed by atoms with Gasteiger partial charge in [-0.15, -0.1) is 0 Å². The molecule has 2 aromatic rings. The lowest BCUT2D eigenvalue weighted by Gasteiger charge is -2.34. The molecule has 0 unspecified atom stereocenters. The highest BCUT2D eigenvalue weighted by atomic mass is 16.5. The largest absolute Gasteiger partial charge is 0.492 e. The Bertz CT molecular complexity index is 600. The standard InChI is InChI=1S/C21H27NO/c1-17-14-18(2)16-22(15-17)12-13-23-21-11-7-6-10-20(21)19-8-4-3-5-9-19/h3-11,17-18H,12-16H2,1-2H3/t17-,18+. The molecule has 1 fully saturated rings. The lowest BCUT2D eigenvalue weighted by atomic mass is 9.92. The van der Waals surface area contributed by atoms with Crippen LogP contribution in [0, 0.1) is 11.8 Å². The fourth-order valence-electron chi connectivity index (χ4n) is 3.71. The summed E-state index contributed by atoms with van der Waals surface area (Å²) in [5, 5.41) is 0. The van der Waals surface area contributed by atoms with Gasteiger partial charge in [-0.25, -0.2) is 0 Å². The Labute approximate surface area is 140 Å². The quantitative estimate of drug-likeness (QED) is 0.793. The highest BCUT2D eigenvalue weighted by Gasteiger charge is 2.21. The van der Waals surface area contributed by atoms with Crippen LogP contribution >= 0.6 is 0 Å². The Kier molecular flexibility index (Phi) is 5.35. The second-order valence-electron chi connectivity index (χ2n) is 6.92. The minimum atomic E-state index is 0.753. The van der Waals surface area contributed by atoms with Crippen LogP contribution in [0.25, 0.3) is 11.1 Å². The Morgan fingerprint density at radius 2 is 1.57 bits per heavy atom. The summed E-state index contributed by atoms with van der Waals surface area (Å²) in [5.74, 6) is 2.59. The molecule has 1 saturated heterocycles. The molecule has 0 radical (unpaired) electrons. The van der Waals surface area contributed by atoms with Crippen molar-refractivity contribution in [3.05, 3.63) is 54.6 Å². The number of para-hydroxylation sites is 1. The van der Waals surface area contributed by atoms with Gasteiger partial charge in [0.25, 0.3) is 0 Å². The van der Waals surface area contributed by atoms with Crippen molar-refractivity contribution < 1.29 is 4.74 Å². The third-order valence-electron chi connectivity index (χ3n) is 4.58. The Morgan fingerprint density at radius 3 is 2.30 bits per heavy atom. The zero-order valence-electron chi connectivity index (χ0n) is 14.2. The number of rotatable bonds is 5. The molecular weight excluding hydrogens is 282 g/mol. The van der Waals surface area contributed by atoms with Gasteiger partial charge >= 0.3 is 0 Å². The summed E-state index contributed by atoms with van der Waals surface area (Å²) in [4.78, 5) is 2.55. The summed E-state index contributed by atoms with van der Waals surface area (Å²) >= 11 is 0. The summed E-state index contributed by atoms with van der Waals surface area (Å²) in [5.41, 5.74) is 2.39. The van der Waals surface area contributed by atoms with Gasteiger partial charge in [0.15, 0.2) is 0 Å². The smallest absolute Gasteiger partial charge is 0.127 e. The van der Waals surface area contributed by atoms with Crippen molar-refractivity contribution in [2.24, 2.45) is 11.8 Å². The van der Waals surface area contributed by atoms with E-state index in [0.29, 0.717) is 0 Å². The Hall–Kier alpha value is -1.80. The number of benzene rings is 2. The first-order valence-electron chi connectivity index (χ1n) is 8.72. The van der Waals surface area contributed by atoms with Gasteiger partial charge in [0.2, 0.25) is 0 Å². The zero-order valence-corrected chi connectivity index (χ0v) is 14.2. The topological polar surface area (TPSA) is 12.5 Å². The van der Waals surface area contributed by atoms with Crippen LogP contribution in [-0.4, -0.2) is 31.1 Å². The van der Waals surface area contributed by atoms with Crippen LogP contribution in [0.2, 0.25) is 0 Å².